The number of rotatable bonds is 2. The number of carbonyl (C=O) groups is 1. The Hall–Kier alpha value is -0.900. The number of carboxylic acid groups (broad SMARTS) is 1. The Kier molecular flexibility index (Phi) is 3.03. The molecule has 2 nitrogen and oxygen atoms in total. The van der Waals surface area contributed by atoms with Crippen LogP contribution in [-0.2, 0) is 11.2 Å². The number of hydrogen-bond acceptors (Lipinski definition) is 1. The highest BCUT2D eigenvalue weighted by Crippen LogP contribution is 2.22. The Morgan fingerprint density at radius 2 is 2.23 bits per heavy atom. The highest BCUT2D eigenvalue weighted by Gasteiger charge is 2.09. The van der Waals surface area contributed by atoms with Crippen molar-refractivity contribution in [2.75, 3.05) is 0 Å². The highest BCUT2D eigenvalue weighted by atomic mass is 79.9. The smallest absolute Gasteiger partial charge is 0.307 e. The van der Waals surface area contributed by atoms with Gasteiger partial charge >= 0.3 is 5.97 Å². The first kappa shape index (κ1) is 10.2. The minimum absolute atomic E-state index is 0.0906. The Morgan fingerprint density at radius 3 is 2.69 bits per heavy atom. The van der Waals surface area contributed by atoms with Gasteiger partial charge in [-0.05, 0) is 30.2 Å². The maximum Gasteiger partial charge on any atom is 0.307 e. The van der Waals surface area contributed by atoms with Crippen molar-refractivity contribution in [2.24, 2.45) is 0 Å². The van der Waals surface area contributed by atoms with Crippen LogP contribution in [0.15, 0.2) is 16.6 Å². The second kappa shape index (κ2) is 3.87. The minimum Gasteiger partial charge on any atom is -0.481 e. The standard InChI is InChI=1S/C9H8BrFO2/c1-5-2-6(11)3-8(10)7(5)4-9(12)13/h2-3H,4H2,1H3,(H,12,13). The summed E-state index contributed by atoms with van der Waals surface area (Å²) in [4.78, 5) is 10.4. The predicted molar refractivity (Wildman–Crippen MR) is 50.2 cm³/mol. The molecule has 0 radical (unpaired) electrons. The molecule has 1 N–H and O–H groups in total. The zero-order chi connectivity index (χ0) is 10.0. The Balaban J connectivity index is 3.13. The largest absolute Gasteiger partial charge is 0.481 e. The summed E-state index contributed by atoms with van der Waals surface area (Å²) in [6.45, 7) is 1.69. The summed E-state index contributed by atoms with van der Waals surface area (Å²) in [6.07, 6.45) is -0.0906. The monoisotopic (exact) mass is 246 g/mol. The molecule has 1 aromatic carbocycles. The lowest BCUT2D eigenvalue weighted by Gasteiger charge is -2.05. The van der Waals surface area contributed by atoms with Gasteiger partial charge in [-0.25, -0.2) is 4.39 Å². The van der Waals surface area contributed by atoms with E-state index in [0.717, 1.165) is 0 Å². The maximum atomic E-state index is 12.8. The van der Waals surface area contributed by atoms with Gasteiger partial charge in [0.15, 0.2) is 0 Å². The van der Waals surface area contributed by atoms with E-state index < -0.39 is 5.97 Å². The molecule has 70 valence electrons. The average Bonchev–Trinajstić information content (AvgIpc) is 1.96. The molecule has 13 heavy (non-hydrogen) atoms. The number of aryl methyl sites for hydroxylation is 1. The van der Waals surface area contributed by atoms with Crippen molar-refractivity contribution in [1.29, 1.82) is 0 Å². The van der Waals surface area contributed by atoms with Crippen LogP contribution >= 0.6 is 15.9 Å². The van der Waals surface area contributed by atoms with Crippen LogP contribution in [0.3, 0.4) is 0 Å². The third-order valence-electron chi connectivity index (χ3n) is 1.71. The molecule has 0 unspecified atom stereocenters. The van der Waals surface area contributed by atoms with Gasteiger partial charge in [-0.3, -0.25) is 4.79 Å². The fourth-order valence-electron chi connectivity index (χ4n) is 1.11. The van der Waals surface area contributed by atoms with Crippen LogP contribution in [0, 0.1) is 12.7 Å². The minimum atomic E-state index is -0.921. The zero-order valence-corrected chi connectivity index (χ0v) is 8.56. The fourth-order valence-corrected chi connectivity index (χ4v) is 1.78. The Morgan fingerprint density at radius 1 is 1.62 bits per heavy atom. The Labute approximate surface area is 83.5 Å². The maximum absolute atomic E-state index is 12.8. The molecule has 1 aromatic rings. The first-order valence-corrected chi connectivity index (χ1v) is 4.46. The molecule has 1 rings (SSSR count). The van der Waals surface area contributed by atoms with Gasteiger partial charge in [0.2, 0.25) is 0 Å². The molecule has 0 aliphatic heterocycles. The first-order valence-electron chi connectivity index (χ1n) is 3.67. The third kappa shape index (κ3) is 2.52. The number of aliphatic carboxylic acids is 1. The normalized spacial score (nSPS) is 10.1. The SMILES string of the molecule is Cc1cc(F)cc(Br)c1CC(=O)O. The van der Waals surface area contributed by atoms with E-state index in [4.69, 9.17) is 5.11 Å². The molecule has 0 bridgehead atoms. The van der Waals surface area contributed by atoms with E-state index in [1.54, 1.807) is 6.92 Å². The van der Waals surface area contributed by atoms with Gasteiger partial charge in [0.1, 0.15) is 5.82 Å². The van der Waals surface area contributed by atoms with E-state index >= 15 is 0 Å². The van der Waals surface area contributed by atoms with Gasteiger partial charge in [-0.15, -0.1) is 0 Å². The summed E-state index contributed by atoms with van der Waals surface area (Å²) < 4.78 is 13.3. The summed E-state index contributed by atoms with van der Waals surface area (Å²) >= 11 is 3.12. The second-order valence-electron chi connectivity index (χ2n) is 2.75. The molecular weight excluding hydrogens is 239 g/mol. The zero-order valence-electron chi connectivity index (χ0n) is 6.97. The van der Waals surface area contributed by atoms with E-state index in [2.05, 4.69) is 15.9 Å². The van der Waals surface area contributed by atoms with E-state index in [-0.39, 0.29) is 12.2 Å². The molecule has 0 saturated carbocycles. The molecule has 0 atom stereocenters. The van der Waals surface area contributed by atoms with Gasteiger partial charge in [-0.1, -0.05) is 15.9 Å². The molecule has 0 aliphatic rings. The van der Waals surface area contributed by atoms with Crippen LogP contribution in [0.25, 0.3) is 0 Å². The summed E-state index contributed by atoms with van der Waals surface area (Å²) in [5.41, 5.74) is 1.27. The molecule has 0 aromatic heterocycles. The molecular formula is C9H8BrFO2. The molecule has 0 heterocycles. The van der Waals surface area contributed by atoms with E-state index in [9.17, 15) is 9.18 Å². The summed E-state index contributed by atoms with van der Waals surface area (Å²) in [5, 5.41) is 8.57. The van der Waals surface area contributed by atoms with Gasteiger partial charge in [0, 0.05) is 4.47 Å². The number of halogens is 2. The number of carboxylic acids is 1. The van der Waals surface area contributed by atoms with Crippen molar-refractivity contribution >= 4 is 21.9 Å². The molecule has 4 heteroatoms. The first-order chi connectivity index (χ1) is 6.00. The van der Waals surface area contributed by atoms with Crippen LogP contribution in [0.1, 0.15) is 11.1 Å². The molecule has 0 spiro atoms. The van der Waals surface area contributed by atoms with Gasteiger partial charge in [0.05, 0.1) is 6.42 Å². The molecule has 0 aliphatic carbocycles. The lowest BCUT2D eigenvalue weighted by Crippen LogP contribution is -2.03. The van der Waals surface area contributed by atoms with Crippen LogP contribution in [0.2, 0.25) is 0 Å². The number of benzene rings is 1. The Bertz CT molecular complexity index is 326. The lowest BCUT2D eigenvalue weighted by molar-refractivity contribution is -0.136. The van der Waals surface area contributed by atoms with Crippen molar-refractivity contribution in [3.05, 3.63) is 33.5 Å². The summed E-state index contributed by atoms with van der Waals surface area (Å²) in [5.74, 6) is -1.28. The highest BCUT2D eigenvalue weighted by molar-refractivity contribution is 9.10. The third-order valence-corrected chi connectivity index (χ3v) is 2.42. The second-order valence-corrected chi connectivity index (χ2v) is 3.61. The van der Waals surface area contributed by atoms with Crippen LogP contribution in [-0.4, -0.2) is 11.1 Å². The van der Waals surface area contributed by atoms with Crippen LogP contribution < -0.4 is 0 Å². The van der Waals surface area contributed by atoms with Gasteiger partial charge in [0.25, 0.3) is 0 Å². The number of hydrogen-bond donors (Lipinski definition) is 1. The van der Waals surface area contributed by atoms with Crippen molar-refractivity contribution in [3.8, 4) is 0 Å². The van der Waals surface area contributed by atoms with Crippen LogP contribution in [0.5, 0.6) is 0 Å². The van der Waals surface area contributed by atoms with Crippen molar-refractivity contribution in [3.63, 3.8) is 0 Å². The van der Waals surface area contributed by atoms with Crippen molar-refractivity contribution in [1.82, 2.24) is 0 Å². The molecule has 0 saturated heterocycles. The topological polar surface area (TPSA) is 37.3 Å². The van der Waals surface area contributed by atoms with Crippen molar-refractivity contribution < 1.29 is 14.3 Å². The van der Waals surface area contributed by atoms with E-state index in [0.29, 0.717) is 15.6 Å². The van der Waals surface area contributed by atoms with Crippen molar-refractivity contribution in [2.45, 2.75) is 13.3 Å². The average molecular weight is 247 g/mol. The fraction of sp³-hybridized carbons (Fsp3) is 0.222. The lowest BCUT2D eigenvalue weighted by atomic mass is 10.1. The van der Waals surface area contributed by atoms with E-state index in [1.807, 2.05) is 0 Å². The van der Waals surface area contributed by atoms with Crippen LogP contribution in [0.4, 0.5) is 4.39 Å². The van der Waals surface area contributed by atoms with Gasteiger partial charge in [-0.2, -0.15) is 0 Å². The molecule has 0 fully saturated rings. The predicted octanol–water partition coefficient (Wildman–Crippen LogP) is 2.52. The summed E-state index contributed by atoms with van der Waals surface area (Å²) in [7, 11) is 0. The quantitative estimate of drug-likeness (QED) is 0.871. The van der Waals surface area contributed by atoms with Gasteiger partial charge < -0.3 is 5.11 Å². The molecule has 0 amide bonds. The summed E-state index contributed by atoms with van der Waals surface area (Å²) in [6, 6.07) is 2.59. The van der Waals surface area contributed by atoms with E-state index in [1.165, 1.54) is 12.1 Å².